The standard InChI is InChI=1S/C85H104F2N2O4.Hf/c1-50-36-58(86)46-66(64-38-56(84(21,22)48-78(3,4)5)44-72(74(64)90)88-68-40-52(80(9,10)11)26-30-60(68)61-31-27-53(41-69(61)88)81(12,13)14)76(50)92-34-25-35-93-77-51(2)37-59(87)47-67(77)65-39-57(85(23,24)49-79(6,7)8)45-73(75(65)91)89-70-42-54(82(15,16)17)28-32-62(70)63-33-29-55(43-71(63)89)83(18,19)20;/h26-33,36-47,90-91H,25,34-35,48-49H2,1-24H3;/q;+4/p-1. The summed E-state index contributed by atoms with van der Waals surface area (Å²) >= 11 is 0.354. The fraction of sp³-hybridized carbons (Fsp3) is 0.435. The van der Waals surface area contributed by atoms with Gasteiger partial charge in [-0.05, 0) is 88.1 Å². The second-order valence-corrected chi connectivity index (χ2v) is 35.7. The van der Waals surface area contributed by atoms with Gasteiger partial charge in [0.05, 0.1) is 16.7 Å². The predicted octanol–water partition coefficient (Wildman–Crippen LogP) is 24.1. The number of benzene rings is 8. The molecule has 0 aliphatic heterocycles. The van der Waals surface area contributed by atoms with Crippen molar-refractivity contribution in [1.82, 2.24) is 9.13 Å². The number of aromatic nitrogens is 2. The minimum atomic E-state index is -0.432. The van der Waals surface area contributed by atoms with E-state index >= 15 is 8.78 Å². The van der Waals surface area contributed by atoms with Crippen LogP contribution in [0.15, 0.2) is 121 Å². The summed E-state index contributed by atoms with van der Waals surface area (Å²) in [6, 6.07) is 42.1. The Kier molecular flexibility index (Phi) is 18.4. The van der Waals surface area contributed by atoms with Gasteiger partial charge in [-0.15, -0.1) is 0 Å². The van der Waals surface area contributed by atoms with Crippen LogP contribution in [0.5, 0.6) is 23.0 Å². The van der Waals surface area contributed by atoms with Crippen LogP contribution in [0.2, 0.25) is 0 Å². The molecule has 0 amide bonds. The molecule has 1 N–H and O–H groups in total. The average molecular weight is 1430 g/mol. The number of hydrogen-bond donors (Lipinski definition) is 1. The number of nitrogens with zero attached hydrogens (tertiary/aromatic N) is 2. The van der Waals surface area contributed by atoms with E-state index in [1.54, 1.807) is 6.07 Å². The second-order valence-electron chi connectivity index (χ2n) is 35.0. The van der Waals surface area contributed by atoms with E-state index in [0.717, 1.165) is 78.8 Å². The molecule has 8 aromatic carbocycles. The monoisotopic (exact) mass is 1430 g/mol. The van der Waals surface area contributed by atoms with Gasteiger partial charge in [-0.2, -0.15) is 0 Å². The minimum absolute atomic E-state index is 0.0108. The van der Waals surface area contributed by atoms with Crippen LogP contribution >= 0.6 is 0 Å². The van der Waals surface area contributed by atoms with Gasteiger partial charge in [-0.25, -0.2) is 4.39 Å². The molecule has 0 atom stereocenters. The second kappa shape index (κ2) is 24.7. The zero-order valence-corrected chi connectivity index (χ0v) is 64.5. The first-order valence-electron chi connectivity index (χ1n) is 33.8. The van der Waals surface area contributed by atoms with Crippen molar-refractivity contribution in [3.63, 3.8) is 0 Å². The number of aryl methyl sites for hydroxylation is 2. The summed E-state index contributed by atoms with van der Waals surface area (Å²) in [4.78, 5) is 0. The van der Waals surface area contributed by atoms with Crippen molar-refractivity contribution in [2.24, 2.45) is 10.8 Å². The first kappa shape index (κ1) is 70.1. The number of hydrogen-bond acceptors (Lipinski definition) is 4. The Labute approximate surface area is 576 Å². The van der Waals surface area contributed by atoms with Gasteiger partial charge in [-0.1, -0.05) is 100 Å². The van der Waals surface area contributed by atoms with E-state index in [9.17, 15) is 5.11 Å². The number of aromatic hydroxyl groups is 1. The normalized spacial score (nSPS) is 13.3. The van der Waals surface area contributed by atoms with E-state index in [0.29, 0.717) is 82.0 Å². The van der Waals surface area contributed by atoms with Crippen molar-refractivity contribution in [1.29, 1.82) is 0 Å². The van der Waals surface area contributed by atoms with Crippen LogP contribution in [0.1, 0.15) is 216 Å². The Balaban J connectivity index is 1.08. The Morgan fingerprint density at radius 2 is 0.681 bits per heavy atom. The molecule has 0 radical (unpaired) electrons. The maximum atomic E-state index is 16.5. The van der Waals surface area contributed by atoms with Gasteiger partial charge in [-0.3, -0.25) is 0 Å². The van der Waals surface area contributed by atoms with Crippen LogP contribution in [-0.4, -0.2) is 27.5 Å². The number of fused-ring (bicyclic) bond motifs is 6. The van der Waals surface area contributed by atoms with E-state index in [1.807, 2.05) is 13.8 Å². The van der Waals surface area contributed by atoms with Crippen LogP contribution in [-0.2, 0) is 57.3 Å². The first-order valence-corrected chi connectivity index (χ1v) is 35.3. The van der Waals surface area contributed by atoms with Crippen molar-refractivity contribution in [3.8, 4) is 56.6 Å². The number of halogens is 2. The van der Waals surface area contributed by atoms with Gasteiger partial charge >= 0.3 is 333 Å². The number of phenols is 1. The number of ether oxygens (including phenoxy) is 2. The van der Waals surface area contributed by atoms with Crippen LogP contribution in [0, 0.1) is 36.3 Å². The molecule has 0 saturated heterocycles. The molecule has 0 aliphatic carbocycles. The Morgan fingerprint density at radius 3 is 1.01 bits per heavy atom. The third-order valence-electron chi connectivity index (χ3n) is 19.1. The van der Waals surface area contributed by atoms with Crippen LogP contribution in [0.3, 0.4) is 0 Å². The molecule has 0 aliphatic rings. The first-order chi connectivity index (χ1) is 43.4. The zero-order chi connectivity index (χ0) is 69.1. The fourth-order valence-electron chi connectivity index (χ4n) is 14.8. The van der Waals surface area contributed by atoms with Crippen LogP contribution < -0.4 is 12.3 Å². The topological polar surface area (TPSA) is 57.8 Å². The molecule has 2 aromatic heterocycles. The zero-order valence-electron chi connectivity index (χ0n) is 60.9. The summed E-state index contributed by atoms with van der Waals surface area (Å²) in [7, 11) is 0. The number of phenolic OH excluding ortho intramolecular Hbond substituents is 1. The van der Waals surface area contributed by atoms with Crippen molar-refractivity contribution in [2.75, 3.05) is 13.2 Å². The summed E-state index contributed by atoms with van der Waals surface area (Å²) < 4.78 is 58.1. The molecule has 2 heterocycles. The van der Waals surface area contributed by atoms with Gasteiger partial charge in [0.15, 0.2) is 0 Å². The van der Waals surface area contributed by atoms with E-state index in [2.05, 4.69) is 259 Å². The maximum absolute atomic E-state index is 16.5. The fourth-order valence-corrected chi connectivity index (χ4v) is 15.6. The van der Waals surface area contributed by atoms with Crippen molar-refractivity contribution in [3.05, 3.63) is 177 Å². The molecule has 0 bridgehead atoms. The SMILES string of the molecule is Cc1cc(F)cc(-c2cc(C(C)(C)CC(C)(C)C)cc(-n3c4cc(C(C)(C)C)ccc4c4ccc(C(C)(C)C)cc43)c2O)c1OCCCOc1c(C)cc(F)cc1-c1cc(C(C)(C)CC(C)(C)C)cc(-n2c3cc(C(C)(C)C)ccc3c3ccc(C(C)(C)C)cc32)c1[O][Hf+3]. The molecule has 0 saturated carbocycles. The molecule has 94 heavy (non-hydrogen) atoms. The van der Waals surface area contributed by atoms with Gasteiger partial charge in [0, 0.05) is 16.3 Å². The van der Waals surface area contributed by atoms with Gasteiger partial charge < -0.3 is 9.67 Å². The molecular formula is C85H103F2HfN2O4+3. The average Bonchev–Trinajstić information content (AvgIpc) is 1.53. The third-order valence-corrected chi connectivity index (χ3v) is 19.8. The van der Waals surface area contributed by atoms with Crippen molar-refractivity contribution in [2.45, 2.75) is 218 Å². The molecule has 10 aromatic rings. The van der Waals surface area contributed by atoms with Crippen molar-refractivity contribution < 1.29 is 51.0 Å². The molecular weight excluding hydrogens is 1330 g/mol. The summed E-state index contributed by atoms with van der Waals surface area (Å²) in [6.07, 6.45) is 2.15. The summed E-state index contributed by atoms with van der Waals surface area (Å²) in [5, 5.41) is 17.7. The van der Waals surface area contributed by atoms with E-state index in [-0.39, 0.29) is 68.1 Å². The van der Waals surface area contributed by atoms with Gasteiger partial charge in [0.2, 0.25) is 0 Å². The van der Waals surface area contributed by atoms with Crippen LogP contribution in [0.25, 0.3) is 77.2 Å². The quantitative estimate of drug-likeness (QED) is 0.0821. The molecule has 10 rings (SSSR count). The van der Waals surface area contributed by atoms with Gasteiger partial charge in [0.1, 0.15) is 11.6 Å². The van der Waals surface area contributed by atoms with E-state index in [4.69, 9.17) is 12.3 Å². The summed E-state index contributed by atoms with van der Waals surface area (Å²) in [6.45, 7) is 53.9. The molecule has 9 heteroatoms. The molecule has 492 valence electrons. The predicted molar refractivity (Wildman–Crippen MR) is 389 cm³/mol. The number of rotatable bonds is 15. The Hall–Kier alpha value is -6.71. The molecule has 0 fully saturated rings. The summed E-state index contributed by atoms with van der Waals surface area (Å²) in [5.74, 6) is 0.932. The van der Waals surface area contributed by atoms with E-state index < -0.39 is 5.82 Å². The Morgan fingerprint density at radius 1 is 0.372 bits per heavy atom. The Bertz CT molecular complexity index is 4430. The molecule has 0 unspecified atom stereocenters. The van der Waals surface area contributed by atoms with E-state index in [1.165, 1.54) is 40.5 Å². The van der Waals surface area contributed by atoms with Crippen LogP contribution in [0.4, 0.5) is 8.78 Å². The van der Waals surface area contributed by atoms with Gasteiger partial charge in [0.25, 0.3) is 0 Å². The summed E-state index contributed by atoms with van der Waals surface area (Å²) in [5.41, 5.74) is 14.8. The molecule has 6 nitrogen and oxygen atoms in total. The third kappa shape index (κ3) is 14.1. The van der Waals surface area contributed by atoms with Crippen molar-refractivity contribution >= 4 is 43.6 Å². The molecule has 0 spiro atoms.